The van der Waals surface area contributed by atoms with Gasteiger partial charge in [0.15, 0.2) is 17.3 Å². The molecule has 0 bridgehead atoms. The Morgan fingerprint density at radius 2 is 1.72 bits per heavy atom. The van der Waals surface area contributed by atoms with Gasteiger partial charge in [0, 0.05) is 11.1 Å². The maximum Gasteiger partial charge on any atom is 0.231 e. The third-order valence-corrected chi connectivity index (χ3v) is 7.60. The SMILES string of the molecule is Cc1cc(C(=O)c2ccc3c(c2)OCO3)c(C2SCCCS2)cc1C. The van der Waals surface area contributed by atoms with E-state index in [1.54, 1.807) is 6.07 Å². The summed E-state index contributed by atoms with van der Waals surface area (Å²) in [5, 5.41) is 0. The second kappa shape index (κ2) is 6.96. The fraction of sp³-hybridized carbons (Fsp3) is 0.350. The Morgan fingerprint density at radius 3 is 2.52 bits per heavy atom. The summed E-state index contributed by atoms with van der Waals surface area (Å²) < 4.78 is 11.1. The van der Waals surface area contributed by atoms with Crippen molar-refractivity contribution in [3.8, 4) is 11.5 Å². The van der Waals surface area contributed by atoms with Gasteiger partial charge < -0.3 is 9.47 Å². The van der Waals surface area contributed by atoms with Crippen LogP contribution in [0.15, 0.2) is 30.3 Å². The van der Waals surface area contributed by atoms with Gasteiger partial charge in [0.2, 0.25) is 6.79 Å². The Hall–Kier alpha value is -1.59. The van der Waals surface area contributed by atoms with Crippen LogP contribution in [0, 0.1) is 13.8 Å². The molecule has 2 heterocycles. The highest BCUT2D eigenvalue weighted by Crippen LogP contribution is 2.46. The van der Waals surface area contributed by atoms with Crippen LogP contribution in [0.1, 0.15) is 43.6 Å². The van der Waals surface area contributed by atoms with Gasteiger partial charge in [-0.15, -0.1) is 23.5 Å². The van der Waals surface area contributed by atoms with Crippen molar-refractivity contribution in [3.05, 3.63) is 58.1 Å². The molecule has 1 fully saturated rings. The molecule has 4 rings (SSSR count). The second-order valence-corrected chi connectivity index (χ2v) is 9.07. The first-order chi connectivity index (χ1) is 12.1. The molecule has 0 radical (unpaired) electrons. The lowest BCUT2D eigenvalue weighted by Gasteiger charge is -2.24. The summed E-state index contributed by atoms with van der Waals surface area (Å²) in [6.45, 7) is 4.40. The predicted molar refractivity (Wildman–Crippen MR) is 104 cm³/mol. The highest BCUT2D eigenvalue weighted by atomic mass is 32.2. The Morgan fingerprint density at radius 1 is 1.00 bits per heavy atom. The van der Waals surface area contributed by atoms with Gasteiger partial charge in [-0.05, 0) is 72.7 Å². The molecule has 0 atom stereocenters. The smallest absolute Gasteiger partial charge is 0.231 e. The number of hydrogen-bond donors (Lipinski definition) is 0. The zero-order chi connectivity index (χ0) is 17.4. The van der Waals surface area contributed by atoms with Crippen molar-refractivity contribution in [2.24, 2.45) is 0 Å². The third kappa shape index (κ3) is 3.27. The van der Waals surface area contributed by atoms with Crippen molar-refractivity contribution in [2.75, 3.05) is 18.3 Å². The minimum absolute atomic E-state index is 0.0585. The van der Waals surface area contributed by atoms with Crippen molar-refractivity contribution in [2.45, 2.75) is 24.9 Å². The van der Waals surface area contributed by atoms with Crippen molar-refractivity contribution in [1.29, 1.82) is 0 Å². The molecule has 2 aromatic rings. The van der Waals surface area contributed by atoms with E-state index < -0.39 is 0 Å². The van der Waals surface area contributed by atoms with Crippen LogP contribution in [0.25, 0.3) is 0 Å². The quantitative estimate of drug-likeness (QED) is 0.698. The number of ether oxygens (including phenoxy) is 2. The normalized spacial score (nSPS) is 16.9. The maximum atomic E-state index is 13.3. The monoisotopic (exact) mass is 372 g/mol. The largest absolute Gasteiger partial charge is 0.454 e. The lowest BCUT2D eigenvalue weighted by Crippen LogP contribution is -2.10. The second-order valence-electron chi connectivity index (χ2n) is 6.35. The van der Waals surface area contributed by atoms with Gasteiger partial charge in [-0.3, -0.25) is 4.79 Å². The average Bonchev–Trinajstić information content (AvgIpc) is 3.11. The van der Waals surface area contributed by atoms with E-state index >= 15 is 0 Å². The molecule has 2 aliphatic rings. The zero-order valence-corrected chi connectivity index (χ0v) is 16.0. The molecule has 1 saturated heterocycles. The van der Waals surface area contributed by atoms with Crippen molar-refractivity contribution in [1.82, 2.24) is 0 Å². The maximum absolute atomic E-state index is 13.3. The molecule has 0 unspecified atom stereocenters. The lowest BCUT2D eigenvalue weighted by atomic mass is 9.94. The summed E-state index contributed by atoms with van der Waals surface area (Å²) in [5.74, 6) is 3.72. The Balaban J connectivity index is 1.75. The van der Waals surface area contributed by atoms with Gasteiger partial charge >= 0.3 is 0 Å². The van der Waals surface area contributed by atoms with Crippen molar-refractivity contribution < 1.29 is 14.3 Å². The van der Waals surface area contributed by atoms with Gasteiger partial charge in [-0.2, -0.15) is 0 Å². The molecule has 2 aliphatic heterocycles. The topological polar surface area (TPSA) is 35.5 Å². The molecule has 0 aliphatic carbocycles. The molecule has 0 spiro atoms. The number of carbonyl (C=O) groups excluding carboxylic acids is 1. The predicted octanol–water partition coefficient (Wildman–Crippen LogP) is 5.13. The van der Waals surface area contributed by atoms with Gasteiger partial charge in [-0.25, -0.2) is 0 Å². The molecule has 25 heavy (non-hydrogen) atoms. The Bertz CT molecular complexity index is 826. The molecule has 0 N–H and O–H groups in total. The summed E-state index contributed by atoms with van der Waals surface area (Å²) in [6.07, 6.45) is 1.24. The standard InChI is InChI=1S/C20H20O3S2/c1-12-8-15(16(9-13(12)2)20-24-6-3-7-25-20)19(21)14-4-5-17-18(10-14)23-11-22-17/h4-5,8-10,20H,3,6-7,11H2,1-2H3. The van der Waals surface area contributed by atoms with Crippen LogP contribution in [0.3, 0.4) is 0 Å². The molecular weight excluding hydrogens is 352 g/mol. The van der Waals surface area contributed by atoms with Crippen molar-refractivity contribution >= 4 is 29.3 Å². The number of hydrogen-bond acceptors (Lipinski definition) is 5. The Labute approximate surface area is 156 Å². The number of thioether (sulfide) groups is 2. The van der Waals surface area contributed by atoms with Crippen LogP contribution in [-0.2, 0) is 0 Å². The number of benzene rings is 2. The van der Waals surface area contributed by atoms with E-state index in [0.29, 0.717) is 21.6 Å². The fourth-order valence-corrected chi connectivity index (χ4v) is 6.04. The summed E-state index contributed by atoms with van der Waals surface area (Å²) >= 11 is 3.89. The van der Waals surface area contributed by atoms with Crippen LogP contribution >= 0.6 is 23.5 Å². The number of fused-ring (bicyclic) bond motifs is 1. The minimum atomic E-state index is 0.0585. The summed E-state index contributed by atoms with van der Waals surface area (Å²) in [6, 6.07) is 9.69. The lowest BCUT2D eigenvalue weighted by molar-refractivity contribution is 0.103. The number of rotatable bonds is 3. The summed E-state index contributed by atoms with van der Waals surface area (Å²) in [4.78, 5) is 13.3. The van der Waals surface area contributed by atoms with Crippen LogP contribution in [0.4, 0.5) is 0 Å². The van der Waals surface area contributed by atoms with E-state index in [-0.39, 0.29) is 12.6 Å². The fourth-order valence-electron chi connectivity index (χ4n) is 3.09. The molecule has 2 aromatic carbocycles. The van der Waals surface area contributed by atoms with Gasteiger partial charge in [0.25, 0.3) is 0 Å². The first-order valence-corrected chi connectivity index (χ1v) is 10.5. The minimum Gasteiger partial charge on any atom is -0.454 e. The third-order valence-electron chi connectivity index (χ3n) is 4.63. The molecular formula is C20H20O3S2. The van der Waals surface area contributed by atoms with Gasteiger partial charge in [0.05, 0.1) is 4.58 Å². The number of ketones is 1. The van der Waals surface area contributed by atoms with Crippen LogP contribution < -0.4 is 9.47 Å². The highest BCUT2D eigenvalue weighted by molar-refractivity contribution is 8.16. The van der Waals surface area contributed by atoms with Crippen molar-refractivity contribution in [3.63, 3.8) is 0 Å². The summed E-state index contributed by atoms with van der Waals surface area (Å²) in [7, 11) is 0. The van der Waals surface area contributed by atoms with E-state index in [1.165, 1.54) is 12.0 Å². The number of aryl methyl sites for hydroxylation is 2. The molecule has 0 saturated carbocycles. The average molecular weight is 373 g/mol. The molecule has 3 nitrogen and oxygen atoms in total. The van der Waals surface area contributed by atoms with E-state index in [0.717, 1.165) is 28.2 Å². The van der Waals surface area contributed by atoms with E-state index in [4.69, 9.17) is 9.47 Å². The Kier molecular flexibility index (Phi) is 4.69. The first kappa shape index (κ1) is 16.9. The van der Waals surface area contributed by atoms with Crippen LogP contribution in [0.5, 0.6) is 11.5 Å². The zero-order valence-electron chi connectivity index (χ0n) is 14.3. The highest BCUT2D eigenvalue weighted by Gasteiger charge is 2.25. The van der Waals surface area contributed by atoms with Gasteiger partial charge in [0.1, 0.15) is 0 Å². The number of carbonyl (C=O) groups is 1. The molecule has 0 aromatic heterocycles. The van der Waals surface area contributed by atoms with Gasteiger partial charge in [-0.1, -0.05) is 6.07 Å². The molecule has 130 valence electrons. The van der Waals surface area contributed by atoms with E-state index in [2.05, 4.69) is 19.9 Å². The van der Waals surface area contributed by atoms with E-state index in [9.17, 15) is 4.79 Å². The van der Waals surface area contributed by atoms with Crippen LogP contribution in [-0.4, -0.2) is 24.1 Å². The molecule has 5 heteroatoms. The molecule has 0 amide bonds. The summed E-state index contributed by atoms with van der Waals surface area (Å²) in [5.41, 5.74) is 5.01. The first-order valence-electron chi connectivity index (χ1n) is 8.42. The van der Waals surface area contributed by atoms with E-state index in [1.807, 2.05) is 41.7 Å². The van der Waals surface area contributed by atoms with Crippen LogP contribution in [0.2, 0.25) is 0 Å².